The predicted octanol–water partition coefficient (Wildman–Crippen LogP) is 0.702. The topological polar surface area (TPSA) is 110 Å². The first kappa shape index (κ1) is 14.0. The van der Waals surface area contributed by atoms with Crippen molar-refractivity contribution in [3.63, 3.8) is 0 Å². The van der Waals surface area contributed by atoms with Gasteiger partial charge < -0.3 is 4.74 Å². The highest BCUT2D eigenvalue weighted by molar-refractivity contribution is 6.32. The second kappa shape index (κ2) is 5.72. The minimum Gasteiger partial charge on any atom is -0.495 e. The van der Waals surface area contributed by atoms with E-state index in [-0.39, 0.29) is 5.56 Å². The number of halogens is 1. The van der Waals surface area contributed by atoms with E-state index in [1.807, 2.05) is 5.43 Å². The Morgan fingerprint density at radius 1 is 1.45 bits per heavy atom. The number of hydrogen-bond acceptors (Lipinski definition) is 5. The fraction of sp³-hybridized carbons (Fsp3) is 0.0833. The molecule has 4 N–H and O–H groups in total. The Morgan fingerprint density at radius 3 is 2.80 bits per heavy atom. The Kier molecular flexibility index (Phi) is 4.02. The van der Waals surface area contributed by atoms with Crippen molar-refractivity contribution in [3.05, 3.63) is 45.2 Å². The number of nitrogens with two attached hydrogens (primary N) is 1. The molecule has 0 radical (unpaired) electrons. The standard InChI is InChI=1S/C12H11ClN4O3/c1-20-10-3-2-6(4-8(10)13)9-5-7(11(18)15-14)12(19)17-16-9/h2-5H,14H2,1H3,(H,15,18)(H,17,19). The fourth-order valence-electron chi connectivity index (χ4n) is 1.63. The van der Waals surface area contributed by atoms with Crippen LogP contribution in [-0.4, -0.2) is 23.2 Å². The summed E-state index contributed by atoms with van der Waals surface area (Å²) in [5, 5.41) is 6.49. The maximum atomic E-state index is 11.5. The van der Waals surface area contributed by atoms with Crippen LogP contribution in [-0.2, 0) is 0 Å². The summed E-state index contributed by atoms with van der Waals surface area (Å²) in [5.41, 5.74) is 2.14. The highest BCUT2D eigenvalue weighted by atomic mass is 35.5. The molecule has 1 aromatic heterocycles. The molecule has 0 fully saturated rings. The van der Waals surface area contributed by atoms with Crippen molar-refractivity contribution in [3.8, 4) is 17.0 Å². The number of hydrogen-bond donors (Lipinski definition) is 3. The van der Waals surface area contributed by atoms with Gasteiger partial charge in [0, 0.05) is 5.56 Å². The summed E-state index contributed by atoms with van der Waals surface area (Å²) >= 11 is 6.02. The number of aromatic amines is 1. The number of H-pyrrole nitrogens is 1. The highest BCUT2D eigenvalue weighted by Gasteiger charge is 2.12. The summed E-state index contributed by atoms with van der Waals surface area (Å²) in [6.07, 6.45) is 0. The van der Waals surface area contributed by atoms with Crippen LogP contribution in [0.4, 0.5) is 0 Å². The quantitative estimate of drug-likeness (QED) is 0.438. The van der Waals surface area contributed by atoms with Gasteiger partial charge in [-0.3, -0.25) is 15.0 Å². The van der Waals surface area contributed by atoms with E-state index in [0.29, 0.717) is 22.0 Å². The number of rotatable bonds is 3. The van der Waals surface area contributed by atoms with Gasteiger partial charge in [0.05, 0.1) is 17.8 Å². The molecule has 0 bridgehead atoms. The van der Waals surface area contributed by atoms with Crippen LogP contribution >= 0.6 is 11.6 Å². The average Bonchev–Trinajstić information content (AvgIpc) is 2.47. The van der Waals surface area contributed by atoms with Crippen LogP contribution in [0.5, 0.6) is 5.75 Å². The number of nitrogens with zero attached hydrogens (tertiary/aromatic N) is 1. The van der Waals surface area contributed by atoms with Gasteiger partial charge in [-0.1, -0.05) is 11.6 Å². The van der Waals surface area contributed by atoms with Crippen molar-refractivity contribution in [1.29, 1.82) is 0 Å². The average molecular weight is 295 g/mol. The van der Waals surface area contributed by atoms with Crippen LogP contribution < -0.4 is 21.6 Å². The Bertz CT molecular complexity index is 714. The third kappa shape index (κ3) is 2.63. The Morgan fingerprint density at radius 2 is 2.20 bits per heavy atom. The molecule has 0 aliphatic heterocycles. The van der Waals surface area contributed by atoms with Gasteiger partial charge in [0.2, 0.25) is 0 Å². The third-order valence-corrected chi connectivity index (χ3v) is 2.92. The molecule has 7 nitrogen and oxygen atoms in total. The monoisotopic (exact) mass is 294 g/mol. The second-order valence-electron chi connectivity index (χ2n) is 3.82. The molecule has 1 amide bonds. The first-order valence-corrected chi connectivity index (χ1v) is 5.89. The molecular weight excluding hydrogens is 284 g/mol. The summed E-state index contributed by atoms with van der Waals surface area (Å²) in [6.45, 7) is 0. The second-order valence-corrected chi connectivity index (χ2v) is 4.23. The summed E-state index contributed by atoms with van der Waals surface area (Å²) in [5.74, 6) is 4.83. The molecular formula is C12H11ClN4O3. The predicted molar refractivity (Wildman–Crippen MR) is 73.5 cm³/mol. The summed E-state index contributed by atoms with van der Waals surface area (Å²) in [4.78, 5) is 22.9. The molecule has 0 atom stereocenters. The van der Waals surface area contributed by atoms with Crippen molar-refractivity contribution in [1.82, 2.24) is 15.6 Å². The molecule has 0 spiro atoms. The zero-order valence-corrected chi connectivity index (χ0v) is 11.2. The largest absolute Gasteiger partial charge is 0.495 e. The number of nitrogens with one attached hydrogen (secondary N) is 2. The molecule has 8 heteroatoms. The highest BCUT2D eigenvalue weighted by Crippen LogP contribution is 2.29. The first-order chi connectivity index (χ1) is 9.56. The van der Waals surface area contributed by atoms with Gasteiger partial charge >= 0.3 is 0 Å². The number of ether oxygens (including phenoxy) is 1. The normalized spacial score (nSPS) is 10.2. The number of carbonyl (C=O) groups is 1. The molecule has 0 aliphatic carbocycles. The van der Waals surface area contributed by atoms with Gasteiger partial charge in [0.1, 0.15) is 11.3 Å². The number of methoxy groups -OCH3 is 1. The van der Waals surface area contributed by atoms with E-state index in [2.05, 4.69) is 10.2 Å². The Balaban J connectivity index is 2.51. The molecule has 20 heavy (non-hydrogen) atoms. The first-order valence-electron chi connectivity index (χ1n) is 5.51. The minimum absolute atomic E-state index is 0.135. The molecule has 104 valence electrons. The van der Waals surface area contributed by atoms with Crippen molar-refractivity contribution in [2.24, 2.45) is 5.84 Å². The van der Waals surface area contributed by atoms with Crippen LogP contribution in [0.15, 0.2) is 29.1 Å². The van der Waals surface area contributed by atoms with E-state index in [9.17, 15) is 9.59 Å². The summed E-state index contributed by atoms with van der Waals surface area (Å²) in [7, 11) is 1.50. The van der Waals surface area contributed by atoms with Crippen LogP contribution in [0.2, 0.25) is 5.02 Å². The lowest BCUT2D eigenvalue weighted by Crippen LogP contribution is -2.34. The lowest BCUT2D eigenvalue weighted by atomic mass is 10.1. The van der Waals surface area contributed by atoms with Crippen molar-refractivity contribution in [2.45, 2.75) is 0 Å². The number of aromatic nitrogens is 2. The summed E-state index contributed by atoms with van der Waals surface area (Å²) < 4.78 is 5.04. The number of benzene rings is 1. The number of carbonyl (C=O) groups excluding carboxylic acids is 1. The van der Waals surface area contributed by atoms with Gasteiger partial charge in [-0.05, 0) is 24.3 Å². The third-order valence-electron chi connectivity index (χ3n) is 2.63. The summed E-state index contributed by atoms with van der Waals surface area (Å²) in [6, 6.07) is 6.31. The zero-order chi connectivity index (χ0) is 14.7. The number of hydrazine groups is 1. The smallest absolute Gasteiger partial charge is 0.277 e. The van der Waals surface area contributed by atoms with Crippen LogP contribution in [0, 0.1) is 0 Å². The van der Waals surface area contributed by atoms with E-state index in [4.69, 9.17) is 22.2 Å². The molecule has 2 aromatic rings. The fourth-order valence-corrected chi connectivity index (χ4v) is 1.88. The van der Waals surface area contributed by atoms with Crippen molar-refractivity contribution >= 4 is 17.5 Å². The molecule has 1 aromatic carbocycles. The SMILES string of the molecule is COc1ccc(-c2cc(C(=O)NN)c(=O)[nH]n2)cc1Cl. The van der Waals surface area contributed by atoms with Crippen molar-refractivity contribution < 1.29 is 9.53 Å². The van der Waals surface area contributed by atoms with Gasteiger partial charge in [0.25, 0.3) is 11.5 Å². The van der Waals surface area contributed by atoms with Gasteiger partial charge in [-0.15, -0.1) is 0 Å². The maximum Gasteiger partial charge on any atom is 0.277 e. The van der Waals surface area contributed by atoms with Gasteiger partial charge in [0.15, 0.2) is 0 Å². The minimum atomic E-state index is -0.700. The van der Waals surface area contributed by atoms with Gasteiger partial charge in [-0.25, -0.2) is 10.9 Å². The zero-order valence-electron chi connectivity index (χ0n) is 10.4. The van der Waals surface area contributed by atoms with E-state index in [1.165, 1.54) is 13.2 Å². The lowest BCUT2D eigenvalue weighted by molar-refractivity contribution is 0.0952. The lowest BCUT2D eigenvalue weighted by Gasteiger charge is -2.06. The van der Waals surface area contributed by atoms with Crippen LogP contribution in [0.3, 0.4) is 0 Å². The van der Waals surface area contributed by atoms with Gasteiger partial charge in [-0.2, -0.15) is 5.10 Å². The molecule has 1 heterocycles. The van der Waals surface area contributed by atoms with Crippen molar-refractivity contribution in [2.75, 3.05) is 7.11 Å². The molecule has 0 saturated carbocycles. The van der Waals surface area contributed by atoms with E-state index >= 15 is 0 Å². The number of nitrogen functional groups attached to an aromatic ring is 1. The Hall–Kier alpha value is -2.38. The number of amides is 1. The molecule has 0 aliphatic rings. The van der Waals surface area contributed by atoms with Crippen LogP contribution in [0.25, 0.3) is 11.3 Å². The van der Waals surface area contributed by atoms with Crippen LogP contribution in [0.1, 0.15) is 10.4 Å². The van der Waals surface area contributed by atoms with E-state index in [0.717, 1.165) is 0 Å². The molecule has 0 saturated heterocycles. The molecule has 2 rings (SSSR count). The van der Waals surface area contributed by atoms with E-state index in [1.54, 1.807) is 18.2 Å². The molecule has 0 unspecified atom stereocenters. The van der Waals surface area contributed by atoms with E-state index < -0.39 is 11.5 Å². The maximum absolute atomic E-state index is 11.5. The Labute approximate surface area is 118 Å².